The Morgan fingerprint density at radius 1 is 0.248 bits per heavy atom. The minimum Gasteiger partial charge on any atom is -0.311 e. The summed E-state index contributed by atoms with van der Waals surface area (Å²) in [5, 5.41) is 0.382. The highest BCUT2D eigenvalue weighted by atomic mass is 15.2. The summed E-state index contributed by atoms with van der Waals surface area (Å²) in [4.78, 5) is 4.79. The van der Waals surface area contributed by atoms with Gasteiger partial charge in [-0.25, -0.2) is 0 Å². The molecule has 0 fully saturated rings. The van der Waals surface area contributed by atoms with Crippen LogP contribution in [-0.2, 0) is 37.9 Å². The van der Waals surface area contributed by atoms with Crippen LogP contribution in [0.25, 0.3) is 99.5 Å². The van der Waals surface area contributed by atoms with Crippen molar-refractivity contribution >= 4 is 101 Å². The Bertz CT molecular complexity index is 8160. The third kappa shape index (κ3) is 12.1. The van der Waals surface area contributed by atoms with Crippen molar-refractivity contribution in [3.63, 3.8) is 0 Å². The molecule has 0 N–H and O–H groups in total. The largest absolute Gasteiger partial charge is 0.311 e. The van der Waals surface area contributed by atoms with E-state index >= 15 is 0 Å². The molecule has 0 amide bonds. The zero-order chi connectivity index (χ0) is 101. The van der Waals surface area contributed by atoms with E-state index < -0.39 is 68.8 Å². The molecular weight excluding hydrogens is 1560 g/mol. The first kappa shape index (κ1) is 65.6. The van der Waals surface area contributed by atoms with E-state index in [0.717, 1.165) is 145 Å². The lowest BCUT2D eigenvalue weighted by atomic mass is 9.33. The first-order chi connectivity index (χ1) is 68.0. The van der Waals surface area contributed by atoms with Gasteiger partial charge >= 0.3 is 0 Å². The number of fused-ring (bicyclic) bond motifs is 16. The van der Waals surface area contributed by atoms with E-state index in [9.17, 15) is 19.2 Å². The topological polar surface area (TPSA) is 16.3 Å². The molecule has 4 nitrogen and oxygen atoms in total. The molecule has 0 unspecified atom stereocenters. The Balaban J connectivity index is 0.877. The van der Waals surface area contributed by atoms with E-state index in [4.69, 9.17) is 0 Å². The fraction of sp³-hybridized carbons (Fsp3) is 0.177. The van der Waals surface area contributed by atoms with E-state index in [0.29, 0.717) is 22.7 Å². The molecule has 5 heteroatoms. The number of rotatable bonds is 10. The van der Waals surface area contributed by atoms with Gasteiger partial charge in [0.2, 0.25) is 0 Å². The predicted molar refractivity (Wildman–Crippen MR) is 548 cm³/mol. The van der Waals surface area contributed by atoms with Crippen LogP contribution in [0.15, 0.2) is 376 Å². The van der Waals surface area contributed by atoms with Crippen LogP contribution < -0.4 is 26.2 Å². The molecular formula is C124H107BN4. The Labute approximate surface area is 780 Å². The van der Waals surface area contributed by atoms with E-state index in [1.165, 1.54) is 0 Å². The summed E-state index contributed by atoms with van der Waals surface area (Å²) in [5.74, 6) is 0. The first-order valence-electron chi connectivity index (χ1n) is 52.2. The zero-order valence-electron chi connectivity index (χ0n) is 89.6. The quantitative estimate of drug-likeness (QED) is 0.127. The van der Waals surface area contributed by atoms with Gasteiger partial charge in [-0.15, -0.1) is 0 Å². The molecule has 17 aromatic carbocycles. The normalized spacial score (nSPS) is 15.8. The Hall–Kier alpha value is -14.0. The number of anilines is 6. The third-order valence-electron chi connectivity index (χ3n) is 28.0. The Morgan fingerprint density at radius 3 is 0.961 bits per heavy atom. The van der Waals surface area contributed by atoms with Gasteiger partial charge in [-0.3, -0.25) is 0 Å². The molecule has 19 aromatic rings. The van der Waals surface area contributed by atoms with Crippen LogP contribution in [0.5, 0.6) is 0 Å². The molecule has 4 heterocycles. The molecule has 2 aromatic heterocycles. The minimum absolute atomic E-state index is 0.0448. The van der Waals surface area contributed by atoms with E-state index in [1.807, 2.05) is 53.7 Å². The number of aromatic nitrogens is 2. The van der Waals surface area contributed by atoms with Gasteiger partial charge in [-0.1, -0.05) is 371 Å². The van der Waals surface area contributed by atoms with Gasteiger partial charge < -0.3 is 18.9 Å². The summed E-state index contributed by atoms with van der Waals surface area (Å²) < 4.78 is 143. The molecule has 0 bridgehead atoms. The third-order valence-corrected chi connectivity index (χ3v) is 28.0. The maximum Gasteiger partial charge on any atom is 0.252 e. The first-order valence-corrected chi connectivity index (χ1v) is 45.2. The van der Waals surface area contributed by atoms with Gasteiger partial charge in [0, 0.05) is 66.8 Å². The van der Waals surface area contributed by atoms with Crippen molar-refractivity contribution in [2.75, 3.05) is 9.80 Å². The maximum absolute atomic E-state index is 10.4. The number of hydrogen-bond acceptors (Lipinski definition) is 2. The fourth-order valence-electron chi connectivity index (χ4n) is 21.6. The van der Waals surface area contributed by atoms with E-state index in [2.05, 4.69) is 351 Å². The van der Waals surface area contributed by atoms with Crippen LogP contribution in [0.3, 0.4) is 0 Å². The highest BCUT2D eigenvalue weighted by Gasteiger charge is 2.50. The average Bonchev–Trinajstić information content (AvgIpc) is 1.67. The van der Waals surface area contributed by atoms with Crippen molar-refractivity contribution in [3.05, 3.63) is 448 Å². The lowest BCUT2D eigenvalue weighted by molar-refractivity contribution is 0.590. The molecule has 4 aliphatic rings. The van der Waals surface area contributed by atoms with Crippen molar-refractivity contribution in [3.8, 4) is 55.9 Å². The average molecular weight is 1680 g/mol. The molecule has 0 radical (unpaired) electrons. The molecule has 0 saturated carbocycles. The second kappa shape index (κ2) is 28.8. The van der Waals surface area contributed by atoms with Gasteiger partial charge in [-0.2, -0.15) is 0 Å². The van der Waals surface area contributed by atoms with Crippen LogP contribution >= 0.6 is 0 Å². The van der Waals surface area contributed by atoms with Crippen molar-refractivity contribution in [1.82, 2.24) is 9.13 Å². The van der Waals surface area contributed by atoms with Gasteiger partial charge in [-0.05, 0) is 258 Å². The lowest BCUT2D eigenvalue weighted by Gasteiger charge is -2.46. The number of nitrogens with zero attached hydrogens (tertiary/aromatic N) is 4. The number of benzene rings is 17. The maximum atomic E-state index is 10.4. The summed E-state index contributed by atoms with van der Waals surface area (Å²) in [6.45, 7) is 30.7. The van der Waals surface area contributed by atoms with Gasteiger partial charge in [0.15, 0.2) is 0 Å². The monoisotopic (exact) mass is 1680 g/mol. The summed E-state index contributed by atoms with van der Waals surface area (Å²) >= 11 is 0. The highest BCUT2D eigenvalue weighted by molar-refractivity contribution is 7.00. The number of hydrogen-bond donors (Lipinski definition) is 0. The standard InChI is InChI=1S/C124H107BN4/c1-118(2,3)84-54-64-109(95(70-84)78-52-60-103-97(68-78)91-44-28-32-48-101(91)123(103,80-36-20-16-21-37-80)81-38-22-17-23-39-81)128-113-76-89(126-107-50-34-30-46-93(107)99-72-86(120(7,8)9)56-66-111(99)126)58-62-105(113)125-106-63-59-90(127-108-51-35-31-47-94(108)100-73-87(121(10,11)12)57-67-112(100)127)77-114(106)129(116-75-88(122(13,14)15)74-115(128)117(116)125)110-65-55-85(119(4,5)6)71-96(110)79-53-61-104-98(69-79)92-45-29-33-49-102(92)124(104,82-40-24-18-25-41-82)83-42-26-19-27-43-83/h16-77H,1-15H3/i30D,31D,34D,35D,46D,47D,50D,51D,56D,57D,66D,67D,72D,73D. The van der Waals surface area contributed by atoms with Crippen LogP contribution in [0.4, 0.5) is 34.1 Å². The van der Waals surface area contributed by atoms with Gasteiger partial charge in [0.25, 0.3) is 6.71 Å². The molecule has 0 spiro atoms. The summed E-state index contributed by atoms with van der Waals surface area (Å²) in [7, 11) is 0. The Morgan fingerprint density at radius 2 is 0.589 bits per heavy atom. The highest BCUT2D eigenvalue weighted by Crippen LogP contribution is 2.61. The van der Waals surface area contributed by atoms with Crippen LogP contribution in [-0.4, -0.2) is 15.8 Å². The molecule has 626 valence electrons. The van der Waals surface area contributed by atoms with Crippen molar-refractivity contribution in [1.29, 1.82) is 0 Å². The second-order valence-electron chi connectivity index (χ2n) is 40.9. The zero-order valence-corrected chi connectivity index (χ0v) is 75.6. The summed E-state index contributed by atoms with van der Waals surface area (Å²) in [6, 6.07) is 101. The van der Waals surface area contributed by atoms with Crippen LogP contribution in [0.2, 0.25) is 0 Å². The second-order valence-corrected chi connectivity index (χ2v) is 40.9. The molecule has 0 saturated heterocycles. The van der Waals surface area contributed by atoms with Crippen LogP contribution in [0, 0.1) is 0 Å². The molecule has 23 rings (SSSR count). The predicted octanol–water partition coefficient (Wildman–Crippen LogP) is 30.5. The molecule has 129 heavy (non-hydrogen) atoms. The fourth-order valence-corrected chi connectivity index (χ4v) is 21.6. The smallest absolute Gasteiger partial charge is 0.252 e. The summed E-state index contributed by atoms with van der Waals surface area (Å²) in [6.07, 6.45) is 0. The van der Waals surface area contributed by atoms with Gasteiger partial charge in [0.1, 0.15) is 0 Å². The molecule has 0 atom stereocenters. The number of para-hydroxylation sites is 2. The minimum atomic E-state index is -0.857. The van der Waals surface area contributed by atoms with E-state index in [1.54, 1.807) is 9.13 Å². The lowest BCUT2D eigenvalue weighted by Crippen LogP contribution is -2.61. The molecule has 2 aliphatic carbocycles. The van der Waals surface area contributed by atoms with Crippen molar-refractivity contribution < 1.29 is 19.2 Å². The van der Waals surface area contributed by atoms with E-state index in [-0.39, 0.29) is 115 Å². The summed E-state index contributed by atoms with van der Waals surface area (Å²) in [5.41, 5.74) is 24.0. The SMILES string of the molecule is [2H]c1c([2H])c([2H])c2c(c1[2H])c1c([2H])c(C(C)(C)C)c([2H])c([2H])c1n2-c1ccc2c(c1)N(c1ccc(C(C)(C)C)cc1-c1ccc3c(c1)-c1ccccc1C3(c1ccccc1)c1ccccc1)c1cc(C(C)(C)C)cc3c1B2c1ccc(-n2c4c([2H])c([2H])c([2H])c([2H])c4c4c([2H])c(C(C)(C)C)c([2H])c([2H])c42)cc1N3c1ccc(C(C)(C)C)cc1-c1ccc2c(c1)-c1ccccc1C2(c1ccccc1)c1ccccc1. The Kier molecular flexibility index (Phi) is 14.6. The van der Waals surface area contributed by atoms with Crippen molar-refractivity contribution in [2.45, 2.75) is 142 Å². The van der Waals surface area contributed by atoms with Gasteiger partial charge in [0.05, 0.1) is 63.5 Å². The van der Waals surface area contributed by atoms with Crippen molar-refractivity contribution in [2.24, 2.45) is 0 Å². The van der Waals surface area contributed by atoms with Crippen LogP contribution in [0.1, 0.15) is 195 Å². The molecule has 2 aliphatic heterocycles.